The Labute approximate surface area is 165 Å². The van der Waals surface area contributed by atoms with Crippen LogP contribution in [0.5, 0.6) is 0 Å². The Morgan fingerprint density at radius 1 is 1.15 bits per heavy atom. The maximum atomic E-state index is 13.4. The van der Waals surface area contributed by atoms with Gasteiger partial charge in [-0.1, -0.05) is 30.3 Å². The topological polar surface area (TPSA) is 49.4 Å². The van der Waals surface area contributed by atoms with Crippen LogP contribution in [0.4, 0.5) is 0 Å². The van der Waals surface area contributed by atoms with E-state index in [1.165, 1.54) is 22.5 Å². The quantitative estimate of drug-likeness (QED) is 0.836. The number of piperidine rings is 1. The number of halogens is 1. The van der Waals surface area contributed by atoms with Gasteiger partial charge in [-0.05, 0) is 48.4 Å². The fraction of sp³-hybridized carbons (Fsp3) is 0.474. The standard InChI is InChI=1S/C19H24N2O2S2.ClH/c22-25(23,18-8-4-12-24-18)19(16-7-3-10-20-13-16)21-11-9-15-5-1-2-6-17(15)14-21;/h1-2,4-6,8,12,16,19-20H,3,7,9-11,13-14H2;1H. The molecule has 4 rings (SSSR count). The van der Waals surface area contributed by atoms with Crippen LogP contribution in [-0.4, -0.2) is 38.3 Å². The SMILES string of the molecule is Cl.O=S(=O)(c1cccs1)C(C1CCCNC1)N1CCc2ccccc2C1. The molecule has 4 nitrogen and oxygen atoms in total. The Kier molecular flexibility index (Phi) is 6.41. The molecule has 0 bridgehead atoms. The third-order valence-electron chi connectivity index (χ3n) is 5.35. The maximum Gasteiger partial charge on any atom is 0.204 e. The summed E-state index contributed by atoms with van der Waals surface area (Å²) < 4.78 is 27.4. The normalized spacial score (nSPS) is 22.2. The van der Waals surface area contributed by atoms with Gasteiger partial charge in [-0.15, -0.1) is 23.7 Å². The van der Waals surface area contributed by atoms with Crippen LogP contribution < -0.4 is 5.32 Å². The molecule has 7 heteroatoms. The van der Waals surface area contributed by atoms with E-state index < -0.39 is 15.2 Å². The number of hydrogen-bond donors (Lipinski definition) is 1. The lowest BCUT2D eigenvalue weighted by Gasteiger charge is -2.40. The van der Waals surface area contributed by atoms with Crippen LogP contribution >= 0.6 is 23.7 Å². The van der Waals surface area contributed by atoms with E-state index in [9.17, 15) is 8.42 Å². The number of nitrogens with one attached hydrogen (secondary N) is 1. The molecule has 2 aliphatic rings. The van der Waals surface area contributed by atoms with Gasteiger partial charge in [-0.3, -0.25) is 4.90 Å². The lowest BCUT2D eigenvalue weighted by Crippen LogP contribution is -2.51. The minimum atomic E-state index is -3.36. The van der Waals surface area contributed by atoms with E-state index in [0.717, 1.165) is 45.4 Å². The van der Waals surface area contributed by atoms with Crippen LogP contribution in [0.25, 0.3) is 0 Å². The van der Waals surface area contributed by atoms with Crippen molar-refractivity contribution >= 4 is 33.6 Å². The van der Waals surface area contributed by atoms with E-state index in [4.69, 9.17) is 0 Å². The molecule has 1 saturated heterocycles. The van der Waals surface area contributed by atoms with E-state index in [1.54, 1.807) is 6.07 Å². The molecule has 1 aromatic carbocycles. The van der Waals surface area contributed by atoms with Gasteiger partial charge in [0.05, 0.1) is 0 Å². The number of thiophene rings is 1. The molecule has 0 saturated carbocycles. The molecule has 26 heavy (non-hydrogen) atoms. The average Bonchev–Trinajstić information content (AvgIpc) is 3.18. The summed E-state index contributed by atoms with van der Waals surface area (Å²) in [6.45, 7) is 3.31. The summed E-state index contributed by atoms with van der Waals surface area (Å²) in [7, 11) is -3.36. The molecule has 1 N–H and O–H groups in total. The lowest BCUT2D eigenvalue weighted by atomic mass is 9.95. The maximum absolute atomic E-state index is 13.4. The summed E-state index contributed by atoms with van der Waals surface area (Å²) in [5.41, 5.74) is 2.62. The van der Waals surface area contributed by atoms with Gasteiger partial charge < -0.3 is 5.32 Å². The molecule has 0 aliphatic carbocycles. The molecule has 0 radical (unpaired) electrons. The predicted molar refractivity (Wildman–Crippen MR) is 109 cm³/mol. The Morgan fingerprint density at radius 2 is 1.96 bits per heavy atom. The molecule has 3 heterocycles. The van der Waals surface area contributed by atoms with Crippen LogP contribution in [-0.2, 0) is 22.8 Å². The second-order valence-electron chi connectivity index (χ2n) is 6.96. The molecule has 0 amide bonds. The summed E-state index contributed by atoms with van der Waals surface area (Å²) in [6, 6.07) is 12.0. The largest absolute Gasteiger partial charge is 0.316 e. The van der Waals surface area contributed by atoms with Crippen LogP contribution in [0, 0.1) is 5.92 Å². The highest BCUT2D eigenvalue weighted by Crippen LogP contribution is 2.33. The molecule has 2 atom stereocenters. The Hall–Kier alpha value is -0.920. The molecule has 0 spiro atoms. The second kappa shape index (κ2) is 8.40. The first-order valence-electron chi connectivity index (χ1n) is 8.95. The number of hydrogen-bond acceptors (Lipinski definition) is 5. The zero-order chi connectivity index (χ0) is 17.3. The fourth-order valence-corrected chi connectivity index (χ4v) is 7.41. The van der Waals surface area contributed by atoms with Crippen molar-refractivity contribution in [3.63, 3.8) is 0 Å². The van der Waals surface area contributed by atoms with Gasteiger partial charge in [0.25, 0.3) is 0 Å². The van der Waals surface area contributed by atoms with E-state index in [1.807, 2.05) is 17.5 Å². The van der Waals surface area contributed by atoms with Gasteiger partial charge in [0.15, 0.2) is 0 Å². The molecule has 2 unspecified atom stereocenters. The third-order valence-corrected chi connectivity index (χ3v) is 9.01. The molecule has 1 fully saturated rings. The van der Waals surface area contributed by atoms with Crippen LogP contribution in [0.15, 0.2) is 46.0 Å². The molecule has 2 aromatic rings. The zero-order valence-corrected chi connectivity index (χ0v) is 17.1. The van der Waals surface area contributed by atoms with Gasteiger partial charge >= 0.3 is 0 Å². The summed E-state index contributed by atoms with van der Waals surface area (Å²) in [5.74, 6) is 0.145. The van der Waals surface area contributed by atoms with E-state index in [-0.39, 0.29) is 18.3 Å². The van der Waals surface area contributed by atoms with Crippen molar-refractivity contribution in [2.24, 2.45) is 5.92 Å². The van der Waals surface area contributed by atoms with Gasteiger partial charge in [-0.2, -0.15) is 0 Å². The first-order valence-corrected chi connectivity index (χ1v) is 11.4. The van der Waals surface area contributed by atoms with Crippen LogP contribution in [0.3, 0.4) is 0 Å². The number of rotatable bonds is 4. The van der Waals surface area contributed by atoms with Gasteiger partial charge in [-0.25, -0.2) is 8.42 Å². The van der Waals surface area contributed by atoms with E-state index in [0.29, 0.717) is 4.21 Å². The number of sulfone groups is 1. The molecule has 2 aliphatic heterocycles. The third kappa shape index (κ3) is 3.85. The zero-order valence-electron chi connectivity index (χ0n) is 14.6. The first-order chi connectivity index (χ1) is 12.2. The molecule has 1 aromatic heterocycles. The summed E-state index contributed by atoms with van der Waals surface area (Å²) in [6.07, 6.45) is 2.94. The molecular weight excluding hydrogens is 388 g/mol. The smallest absolute Gasteiger partial charge is 0.204 e. The second-order valence-corrected chi connectivity index (χ2v) is 10.2. The monoisotopic (exact) mass is 412 g/mol. The van der Waals surface area contributed by atoms with Crippen molar-refractivity contribution in [3.05, 3.63) is 52.9 Å². The van der Waals surface area contributed by atoms with E-state index >= 15 is 0 Å². The average molecular weight is 413 g/mol. The molecule has 142 valence electrons. The number of nitrogens with zero attached hydrogens (tertiary/aromatic N) is 1. The van der Waals surface area contributed by atoms with Crippen LogP contribution in [0.2, 0.25) is 0 Å². The highest BCUT2D eigenvalue weighted by molar-refractivity contribution is 7.94. The number of fused-ring (bicyclic) bond motifs is 1. The van der Waals surface area contributed by atoms with Gasteiger partial charge in [0, 0.05) is 25.6 Å². The van der Waals surface area contributed by atoms with Crippen LogP contribution in [0.1, 0.15) is 24.0 Å². The Morgan fingerprint density at radius 3 is 2.65 bits per heavy atom. The lowest BCUT2D eigenvalue weighted by molar-refractivity contribution is 0.162. The Bertz CT molecular complexity index is 818. The van der Waals surface area contributed by atoms with Crippen molar-refractivity contribution in [1.29, 1.82) is 0 Å². The van der Waals surface area contributed by atoms with Crippen molar-refractivity contribution in [1.82, 2.24) is 10.2 Å². The van der Waals surface area contributed by atoms with Gasteiger partial charge in [0.2, 0.25) is 9.84 Å². The van der Waals surface area contributed by atoms with E-state index in [2.05, 4.69) is 28.4 Å². The van der Waals surface area contributed by atoms with Gasteiger partial charge in [0.1, 0.15) is 9.58 Å². The number of benzene rings is 1. The first kappa shape index (κ1) is 19.8. The van der Waals surface area contributed by atoms with Crippen molar-refractivity contribution in [2.75, 3.05) is 19.6 Å². The summed E-state index contributed by atoms with van der Waals surface area (Å²) in [4.78, 5) is 2.20. The highest BCUT2D eigenvalue weighted by atomic mass is 35.5. The predicted octanol–water partition coefficient (Wildman–Crippen LogP) is 3.33. The highest BCUT2D eigenvalue weighted by Gasteiger charge is 2.41. The summed E-state index contributed by atoms with van der Waals surface area (Å²) >= 11 is 1.34. The summed E-state index contributed by atoms with van der Waals surface area (Å²) in [5, 5.41) is 4.82. The fourth-order valence-electron chi connectivity index (χ4n) is 4.15. The van der Waals surface area contributed by atoms with Crippen molar-refractivity contribution < 1.29 is 8.42 Å². The Balaban J connectivity index is 0.00000196. The van der Waals surface area contributed by atoms with Crippen molar-refractivity contribution in [2.45, 2.75) is 35.4 Å². The minimum absolute atomic E-state index is 0. The molecular formula is C19H25ClN2O2S2. The van der Waals surface area contributed by atoms with Crippen molar-refractivity contribution in [3.8, 4) is 0 Å². The minimum Gasteiger partial charge on any atom is -0.316 e.